The Bertz CT molecular complexity index is 732. The minimum absolute atomic E-state index is 0.102. The van der Waals surface area contributed by atoms with E-state index in [4.69, 9.17) is 4.74 Å². The molecule has 8 heteroatoms. The first-order valence-corrected chi connectivity index (χ1v) is 7.97. The molecule has 2 rings (SSSR count). The molecule has 0 fully saturated rings. The van der Waals surface area contributed by atoms with Crippen LogP contribution in [-0.4, -0.2) is 28.9 Å². The lowest BCUT2D eigenvalue weighted by atomic mass is 10.1. The second-order valence-corrected chi connectivity index (χ2v) is 5.23. The zero-order valence-corrected chi connectivity index (χ0v) is 14.4. The Morgan fingerprint density at radius 1 is 1.32 bits per heavy atom. The van der Waals surface area contributed by atoms with E-state index in [-0.39, 0.29) is 24.0 Å². The van der Waals surface area contributed by atoms with Crippen LogP contribution < -0.4 is 14.8 Å². The number of hydrogen-bond donors (Lipinski definition) is 1. The van der Waals surface area contributed by atoms with Gasteiger partial charge in [-0.3, -0.25) is 9.48 Å². The number of halogens is 2. The number of aromatic nitrogens is 2. The molecule has 1 aromatic carbocycles. The summed E-state index contributed by atoms with van der Waals surface area (Å²) >= 11 is 0. The van der Waals surface area contributed by atoms with Crippen molar-refractivity contribution in [2.45, 2.75) is 40.5 Å². The Morgan fingerprint density at radius 3 is 2.68 bits per heavy atom. The van der Waals surface area contributed by atoms with Crippen LogP contribution >= 0.6 is 0 Å². The number of nitrogens with one attached hydrogen (secondary N) is 1. The van der Waals surface area contributed by atoms with Crippen molar-refractivity contribution in [2.75, 3.05) is 6.61 Å². The van der Waals surface area contributed by atoms with Crippen molar-refractivity contribution in [3.8, 4) is 11.5 Å². The molecule has 1 amide bonds. The predicted molar refractivity (Wildman–Crippen MR) is 88.1 cm³/mol. The zero-order valence-electron chi connectivity index (χ0n) is 14.4. The van der Waals surface area contributed by atoms with E-state index in [9.17, 15) is 13.6 Å². The third-order valence-corrected chi connectivity index (χ3v) is 3.67. The third kappa shape index (κ3) is 4.68. The molecule has 6 nitrogen and oxygen atoms in total. The van der Waals surface area contributed by atoms with E-state index >= 15 is 0 Å². The monoisotopic (exact) mass is 353 g/mol. The molecule has 1 aromatic heterocycles. The maximum absolute atomic E-state index is 12.4. The van der Waals surface area contributed by atoms with Crippen molar-refractivity contribution < 1.29 is 23.0 Å². The third-order valence-electron chi connectivity index (χ3n) is 3.67. The molecule has 0 atom stereocenters. The van der Waals surface area contributed by atoms with Crippen molar-refractivity contribution in [1.82, 2.24) is 15.1 Å². The average Bonchev–Trinajstić information content (AvgIpc) is 2.94. The highest BCUT2D eigenvalue weighted by atomic mass is 19.3. The molecule has 0 bridgehead atoms. The van der Waals surface area contributed by atoms with Crippen molar-refractivity contribution in [3.63, 3.8) is 0 Å². The van der Waals surface area contributed by atoms with Crippen LogP contribution in [0, 0.1) is 6.92 Å². The van der Waals surface area contributed by atoms with Crippen molar-refractivity contribution in [3.05, 3.63) is 41.2 Å². The molecule has 0 saturated heterocycles. The SMILES string of the molecule is CCOc1cc(C(=O)NCc2cnn(CC)c2C)ccc1OC(F)F. The summed E-state index contributed by atoms with van der Waals surface area (Å²) in [4.78, 5) is 12.3. The number of carbonyl (C=O) groups is 1. The molecule has 0 aliphatic rings. The molecule has 0 radical (unpaired) electrons. The van der Waals surface area contributed by atoms with E-state index < -0.39 is 6.61 Å². The molecule has 1 N–H and O–H groups in total. The fourth-order valence-electron chi connectivity index (χ4n) is 2.37. The van der Waals surface area contributed by atoms with Gasteiger partial charge in [0.05, 0.1) is 12.8 Å². The second-order valence-electron chi connectivity index (χ2n) is 5.23. The van der Waals surface area contributed by atoms with E-state index in [2.05, 4.69) is 15.2 Å². The van der Waals surface area contributed by atoms with Crippen LogP contribution in [0.25, 0.3) is 0 Å². The van der Waals surface area contributed by atoms with Gasteiger partial charge in [0.15, 0.2) is 11.5 Å². The number of hydrogen-bond acceptors (Lipinski definition) is 4. The lowest BCUT2D eigenvalue weighted by Crippen LogP contribution is -2.23. The standard InChI is InChI=1S/C17H21F2N3O3/c1-4-22-11(3)13(10-21-22)9-20-16(23)12-6-7-14(25-17(18)19)15(8-12)24-5-2/h6-8,10,17H,4-5,9H2,1-3H3,(H,20,23). The van der Waals surface area contributed by atoms with Gasteiger partial charge in [-0.15, -0.1) is 0 Å². The number of alkyl halides is 2. The summed E-state index contributed by atoms with van der Waals surface area (Å²) in [5.41, 5.74) is 2.20. The van der Waals surface area contributed by atoms with Gasteiger partial charge in [-0.2, -0.15) is 13.9 Å². The summed E-state index contributed by atoms with van der Waals surface area (Å²) in [5, 5.41) is 7.01. The number of benzene rings is 1. The molecule has 0 unspecified atom stereocenters. The topological polar surface area (TPSA) is 65.4 Å². The summed E-state index contributed by atoms with van der Waals surface area (Å²) in [5.74, 6) is -0.341. The van der Waals surface area contributed by atoms with Crippen LogP contribution in [0.5, 0.6) is 11.5 Å². The molecule has 136 valence electrons. The number of rotatable bonds is 8. The Balaban J connectivity index is 2.10. The van der Waals surface area contributed by atoms with Gasteiger partial charge in [0.2, 0.25) is 0 Å². The highest BCUT2D eigenvalue weighted by molar-refractivity contribution is 5.94. The van der Waals surface area contributed by atoms with Crippen LogP contribution in [0.4, 0.5) is 8.78 Å². The molecule has 2 aromatic rings. The van der Waals surface area contributed by atoms with Gasteiger partial charge >= 0.3 is 6.61 Å². The fraction of sp³-hybridized carbons (Fsp3) is 0.412. The first kappa shape index (κ1) is 18.7. The van der Waals surface area contributed by atoms with Crippen molar-refractivity contribution in [1.29, 1.82) is 0 Å². The highest BCUT2D eigenvalue weighted by Gasteiger charge is 2.15. The quantitative estimate of drug-likeness (QED) is 0.792. The van der Waals surface area contributed by atoms with Gasteiger partial charge in [-0.25, -0.2) is 0 Å². The minimum Gasteiger partial charge on any atom is -0.490 e. The van der Waals surface area contributed by atoms with Crippen LogP contribution in [0.3, 0.4) is 0 Å². The zero-order chi connectivity index (χ0) is 18.4. The summed E-state index contributed by atoms with van der Waals surface area (Å²) < 4.78 is 36.3. The molecule has 25 heavy (non-hydrogen) atoms. The average molecular weight is 353 g/mol. The van der Waals surface area contributed by atoms with Gasteiger partial charge < -0.3 is 14.8 Å². The minimum atomic E-state index is -2.96. The highest BCUT2D eigenvalue weighted by Crippen LogP contribution is 2.29. The lowest BCUT2D eigenvalue weighted by Gasteiger charge is -2.13. The number of ether oxygens (including phenoxy) is 2. The van der Waals surface area contributed by atoms with E-state index in [1.165, 1.54) is 18.2 Å². The molecule has 0 aliphatic carbocycles. The van der Waals surface area contributed by atoms with Crippen molar-refractivity contribution in [2.24, 2.45) is 0 Å². The number of carbonyl (C=O) groups excluding carboxylic acids is 1. The van der Waals surface area contributed by atoms with E-state index in [0.717, 1.165) is 17.8 Å². The number of nitrogens with zero attached hydrogens (tertiary/aromatic N) is 2. The summed E-state index contributed by atoms with van der Waals surface area (Å²) in [6.45, 7) is 4.01. The molecule has 0 aliphatic heterocycles. The summed E-state index contributed by atoms with van der Waals surface area (Å²) in [6.07, 6.45) is 1.71. The van der Waals surface area contributed by atoms with Crippen LogP contribution in [0.1, 0.15) is 35.5 Å². The van der Waals surface area contributed by atoms with Gasteiger partial charge in [0, 0.05) is 29.9 Å². The normalized spacial score (nSPS) is 10.8. The van der Waals surface area contributed by atoms with E-state index in [1.807, 2.05) is 18.5 Å². The van der Waals surface area contributed by atoms with Gasteiger partial charge in [-0.05, 0) is 39.0 Å². The van der Waals surface area contributed by atoms with Crippen LogP contribution in [0.15, 0.2) is 24.4 Å². The van der Waals surface area contributed by atoms with Crippen LogP contribution in [0.2, 0.25) is 0 Å². The Kier molecular flexibility index (Phi) is 6.32. The molecular formula is C17H21F2N3O3. The van der Waals surface area contributed by atoms with Crippen LogP contribution in [-0.2, 0) is 13.1 Å². The summed E-state index contributed by atoms with van der Waals surface area (Å²) in [7, 11) is 0. The first-order chi connectivity index (χ1) is 12.0. The molecular weight excluding hydrogens is 332 g/mol. The number of aryl methyl sites for hydroxylation is 1. The molecule has 0 saturated carbocycles. The molecule has 0 spiro atoms. The smallest absolute Gasteiger partial charge is 0.387 e. The lowest BCUT2D eigenvalue weighted by molar-refractivity contribution is -0.0514. The Hall–Kier alpha value is -2.64. The predicted octanol–water partition coefficient (Wildman–Crippen LogP) is 3.14. The second kappa shape index (κ2) is 8.46. The number of amides is 1. The van der Waals surface area contributed by atoms with E-state index in [0.29, 0.717) is 12.1 Å². The van der Waals surface area contributed by atoms with Gasteiger partial charge in [-0.1, -0.05) is 0 Å². The Labute approximate surface area is 144 Å². The van der Waals surface area contributed by atoms with Gasteiger partial charge in [0.1, 0.15) is 0 Å². The largest absolute Gasteiger partial charge is 0.490 e. The fourth-order valence-corrected chi connectivity index (χ4v) is 2.37. The first-order valence-electron chi connectivity index (χ1n) is 7.97. The summed E-state index contributed by atoms with van der Waals surface area (Å²) in [6, 6.07) is 4.10. The van der Waals surface area contributed by atoms with E-state index in [1.54, 1.807) is 13.1 Å². The van der Waals surface area contributed by atoms with Crippen molar-refractivity contribution >= 4 is 5.91 Å². The maximum atomic E-state index is 12.4. The van der Waals surface area contributed by atoms with Gasteiger partial charge in [0.25, 0.3) is 5.91 Å². The Morgan fingerprint density at radius 2 is 2.08 bits per heavy atom. The maximum Gasteiger partial charge on any atom is 0.387 e. The molecule has 1 heterocycles.